The van der Waals surface area contributed by atoms with E-state index in [0.717, 1.165) is 0 Å². The van der Waals surface area contributed by atoms with Gasteiger partial charge in [-0.2, -0.15) is 0 Å². The Hall–Kier alpha value is -1.77. The Bertz CT molecular complexity index is 1270. The van der Waals surface area contributed by atoms with E-state index in [1.165, 1.54) is 6.07 Å². The van der Waals surface area contributed by atoms with Crippen LogP contribution in [-0.2, 0) is 4.79 Å². The summed E-state index contributed by atoms with van der Waals surface area (Å²) in [5.74, 6) is -0.992. The van der Waals surface area contributed by atoms with Crippen LogP contribution in [0.1, 0.15) is 52.8 Å². The zero-order valence-electron chi connectivity index (χ0n) is 19.3. The van der Waals surface area contributed by atoms with E-state index < -0.39 is 18.0 Å². The van der Waals surface area contributed by atoms with Crippen molar-refractivity contribution in [3.8, 4) is 17.2 Å². The smallest absolute Gasteiger partial charge is 0.549 e. The number of benzene rings is 3. The molecule has 0 aromatic heterocycles. The Balaban J connectivity index is 0.00000361. The third-order valence-corrected chi connectivity index (χ3v) is 6.62. The van der Waals surface area contributed by atoms with Gasteiger partial charge in [0, 0.05) is 45.5 Å². The number of carbonyl (C=O) groups excluding carboxylic acids is 2. The van der Waals surface area contributed by atoms with E-state index in [9.17, 15) is 19.8 Å². The molecule has 0 saturated heterocycles. The molecular weight excluding hydrogens is 538 g/mol. The average molecular weight is 558 g/mol. The van der Waals surface area contributed by atoms with Crippen LogP contribution >= 0.6 is 34.8 Å². The van der Waals surface area contributed by atoms with Crippen LogP contribution in [0.3, 0.4) is 0 Å². The monoisotopic (exact) mass is 556 g/mol. The zero-order chi connectivity index (χ0) is 25.1. The predicted octanol–water partition coefficient (Wildman–Crippen LogP) is 2.76. The fourth-order valence-electron chi connectivity index (χ4n) is 3.89. The molecule has 0 bridgehead atoms. The molecule has 0 spiro atoms. The van der Waals surface area contributed by atoms with Gasteiger partial charge in [-0.3, -0.25) is 4.79 Å². The molecule has 0 aliphatic carbocycles. The molecule has 10 heteroatoms. The number of Topliss-reactive ketones (excluding diaryl/α,β-unsaturated/α-hetero) is 1. The van der Waals surface area contributed by atoms with Gasteiger partial charge in [0.05, 0.1) is 17.7 Å². The van der Waals surface area contributed by atoms with Gasteiger partial charge in [-0.15, -0.1) is 0 Å². The largest absolute Gasteiger partial charge is 1.00 e. The minimum Gasteiger partial charge on any atom is -0.549 e. The number of hydrogen-bond donors (Lipinski definition) is 1. The van der Waals surface area contributed by atoms with Gasteiger partial charge in [0.1, 0.15) is 17.2 Å². The van der Waals surface area contributed by atoms with Crippen molar-refractivity contribution < 1.29 is 58.8 Å². The van der Waals surface area contributed by atoms with Gasteiger partial charge in [0.15, 0.2) is 5.78 Å². The van der Waals surface area contributed by atoms with E-state index in [4.69, 9.17) is 44.3 Å². The minimum absolute atomic E-state index is 0. The summed E-state index contributed by atoms with van der Waals surface area (Å²) in [6.07, 6.45) is -0.258. The number of ether oxygens (including phenoxy) is 2. The number of aliphatic hydroxyl groups is 1. The summed E-state index contributed by atoms with van der Waals surface area (Å²) in [4.78, 5) is 24.0. The SMILES string of the molecule is O=C(CCC(O)c1ccc(Cl)cc1Cl)c1ccc(Oc2cc3c(cc2Cl)C(C(=O)[O-])CCO3)cc1.[Na+]. The van der Waals surface area contributed by atoms with E-state index in [2.05, 4.69) is 0 Å². The number of carboxylic acid groups (broad SMARTS) is 1. The molecule has 0 saturated carbocycles. The van der Waals surface area contributed by atoms with Crippen molar-refractivity contribution in [3.63, 3.8) is 0 Å². The molecule has 36 heavy (non-hydrogen) atoms. The number of carbonyl (C=O) groups is 2. The van der Waals surface area contributed by atoms with Crippen LogP contribution < -0.4 is 44.1 Å². The quantitative estimate of drug-likeness (QED) is 0.338. The molecule has 4 rings (SSSR count). The summed E-state index contributed by atoms with van der Waals surface area (Å²) in [5, 5.41) is 22.8. The van der Waals surface area contributed by atoms with Crippen molar-refractivity contribution in [2.75, 3.05) is 6.61 Å². The van der Waals surface area contributed by atoms with Crippen LogP contribution in [0.25, 0.3) is 0 Å². The van der Waals surface area contributed by atoms with Crippen molar-refractivity contribution in [2.24, 2.45) is 0 Å². The Kier molecular flexibility index (Phi) is 10.1. The summed E-state index contributed by atoms with van der Waals surface area (Å²) in [6, 6.07) is 14.4. The Labute approximate surface area is 245 Å². The molecule has 1 aliphatic heterocycles. The minimum atomic E-state index is -1.18. The number of ketones is 1. The van der Waals surface area contributed by atoms with Gasteiger partial charge in [0.25, 0.3) is 0 Å². The maximum Gasteiger partial charge on any atom is 1.00 e. The number of halogens is 3. The number of rotatable bonds is 8. The molecule has 0 radical (unpaired) electrons. The van der Waals surface area contributed by atoms with Crippen molar-refractivity contribution in [1.29, 1.82) is 0 Å². The van der Waals surface area contributed by atoms with Gasteiger partial charge >= 0.3 is 29.6 Å². The van der Waals surface area contributed by atoms with Gasteiger partial charge < -0.3 is 24.5 Å². The van der Waals surface area contributed by atoms with E-state index in [1.54, 1.807) is 48.5 Å². The molecule has 6 nitrogen and oxygen atoms in total. The molecule has 1 N–H and O–H groups in total. The topological polar surface area (TPSA) is 95.9 Å². The summed E-state index contributed by atoms with van der Waals surface area (Å²) in [5.41, 5.74) is 1.43. The second-order valence-electron chi connectivity index (χ2n) is 8.10. The third-order valence-electron chi connectivity index (χ3n) is 5.76. The summed E-state index contributed by atoms with van der Waals surface area (Å²) in [7, 11) is 0. The predicted molar refractivity (Wildman–Crippen MR) is 131 cm³/mol. The van der Waals surface area contributed by atoms with Gasteiger partial charge in [-0.25, -0.2) is 0 Å². The number of aliphatic hydroxyl groups excluding tert-OH is 1. The standard InChI is InChI=1S/C26H21Cl3O6.Na/c27-15-3-6-18(20(28)11-15)23(31)8-7-22(30)14-1-4-16(5-2-14)35-25-13-24-19(12-21(25)29)17(26(32)33)9-10-34-24;/h1-6,11-13,17,23,31H,7-10H2,(H,32,33);/q;+1/p-1. The first kappa shape index (κ1) is 28.8. The summed E-state index contributed by atoms with van der Waals surface area (Å²) < 4.78 is 11.4. The molecule has 3 aromatic rings. The van der Waals surface area contributed by atoms with Crippen LogP contribution in [0.4, 0.5) is 0 Å². The van der Waals surface area contributed by atoms with Gasteiger partial charge in [0.2, 0.25) is 0 Å². The second-order valence-corrected chi connectivity index (χ2v) is 9.35. The van der Waals surface area contributed by atoms with Crippen LogP contribution in [-0.4, -0.2) is 23.5 Å². The molecule has 1 aliphatic rings. The van der Waals surface area contributed by atoms with E-state index in [1.807, 2.05) is 0 Å². The second kappa shape index (κ2) is 12.7. The number of fused-ring (bicyclic) bond motifs is 1. The molecular formula is C26H20Cl3NaO6. The van der Waals surface area contributed by atoms with Crippen LogP contribution in [0, 0.1) is 0 Å². The summed E-state index contributed by atoms with van der Waals surface area (Å²) in [6.45, 7) is 0.252. The number of carboxylic acids is 1. The van der Waals surface area contributed by atoms with Crippen molar-refractivity contribution in [1.82, 2.24) is 0 Å². The molecule has 2 atom stereocenters. The Morgan fingerprint density at radius 3 is 2.44 bits per heavy atom. The first-order valence-electron chi connectivity index (χ1n) is 10.8. The van der Waals surface area contributed by atoms with Crippen LogP contribution in [0.15, 0.2) is 54.6 Å². The fraction of sp³-hybridized carbons (Fsp3) is 0.231. The zero-order valence-corrected chi connectivity index (χ0v) is 23.6. The van der Waals surface area contributed by atoms with Crippen LogP contribution in [0.2, 0.25) is 15.1 Å². The summed E-state index contributed by atoms with van der Waals surface area (Å²) >= 11 is 18.3. The average Bonchev–Trinajstić information content (AvgIpc) is 2.82. The Morgan fingerprint density at radius 2 is 1.78 bits per heavy atom. The first-order chi connectivity index (χ1) is 16.7. The maximum atomic E-state index is 12.6. The Morgan fingerprint density at radius 1 is 1.06 bits per heavy atom. The van der Waals surface area contributed by atoms with E-state index in [-0.39, 0.29) is 59.8 Å². The fourth-order valence-corrected chi connectivity index (χ4v) is 4.63. The molecule has 182 valence electrons. The van der Waals surface area contributed by atoms with Crippen molar-refractivity contribution >= 4 is 46.6 Å². The number of aliphatic carboxylic acids is 1. The first-order valence-corrected chi connectivity index (χ1v) is 12.0. The van der Waals surface area contributed by atoms with Gasteiger partial charge in [-0.05, 0) is 60.9 Å². The molecule has 3 aromatic carbocycles. The maximum absolute atomic E-state index is 12.6. The third kappa shape index (κ3) is 6.75. The van der Waals surface area contributed by atoms with Crippen molar-refractivity contribution in [3.05, 3.63) is 86.4 Å². The van der Waals surface area contributed by atoms with Crippen LogP contribution in [0.5, 0.6) is 17.2 Å². The van der Waals surface area contributed by atoms with E-state index >= 15 is 0 Å². The normalized spacial score (nSPS) is 15.2. The van der Waals surface area contributed by atoms with Gasteiger partial charge in [-0.1, -0.05) is 40.9 Å². The molecule has 2 unspecified atom stereocenters. The van der Waals surface area contributed by atoms with E-state index in [0.29, 0.717) is 50.4 Å². The molecule has 0 amide bonds. The number of hydrogen-bond acceptors (Lipinski definition) is 6. The molecule has 1 heterocycles. The molecule has 0 fully saturated rings. The van der Waals surface area contributed by atoms with Crippen molar-refractivity contribution in [2.45, 2.75) is 31.3 Å².